The smallest absolute Gasteiger partial charge is 0.220 e. The zero-order chi connectivity index (χ0) is 47.0. The maximum Gasteiger partial charge on any atom is 0.220 e. The molecule has 2 atom stereocenters. The Bertz CT molecular complexity index is 1290. The van der Waals surface area contributed by atoms with E-state index in [2.05, 4.69) is 129 Å². The Hall–Kier alpha value is -3.21. The molecule has 0 aromatic rings. The van der Waals surface area contributed by atoms with E-state index in [0.29, 0.717) is 6.42 Å². The van der Waals surface area contributed by atoms with Gasteiger partial charge in [-0.25, -0.2) is 0 Å². The standard InChI is InChI=1S/C61H103NO3/c1-3-5-7-9-11-13-15-17-19-21-23-24-25-26-27-28-29-30-31-32-33-34-35-36-37-38-39-41-43-45-47-49-51-53-55-57-61(65)62-59(58-63)60(64)56-54-52-50-48-46-44-42-40-22-20-18-16-14-12-10-8-6-4-2/h5,7,11,13,17,19,23-24,26-27,29-30,32-33,35-36,38-39,54,56,59-60,63-64H,3-4,6,8-10,12,14-16,18,20-22,25,28,31,34,37,40-53,55,57-58H2,1-2H3,(H,62,65)/b7-5-,13-11-,19-17-,24-23-,27-26-,30-29-,33-32-,36-35-,39-38-,56-54+. The average molecular weight is 898 g/mol. The lowest BCUT2D eigenvalue weighted by molar-refractivity contribution is -0.123. The molecule has 2 unspecified atom stereocenters. The third-order valence-electron chi connectivity index (χ3n) is 11.7. The minimum atomic E-state index is -0.852. The molecule has 1 amide bonds. The normalized spacial score (nSPS) is 13.8. The Morgan fingerprint density at radius 1 is 0.385 bits per heavy atom. The number of aliphatic hydroxyl groups excluding tert-OH is 2. The molecule has 0 aromatic heterocycles. The van der Waals surface area contributed by atoms with Crippen molar-refractivity contribution in [2.45, 2.75) is 251 Å². The van der Waals surface area contributed by atoms with Crippen molar-refractivity contribution in [3.8, 4) is 0 Å². The molecule has 4 heteroatoms. The maximum atomic E-state index is 12.5. The van der Waals surface area contributed by atoms with Crippen molar-refractivity contribution in [2.75, 3.05) is 6.61 Å². The van der Waals surface area contributed by atoms with Crippen molar-refractivity contribution >= 4 is 5.91 Å². The Morgan fingerprint density at radius 2 is 0.677 bits per heavy atom. The SMILES string of the molecule is CC/C=C\C/C=C\C/C=C\C/C=C\C/C=C\C/C=C\C/C=C\C/C=C\C/C=C\CCCCCCCCCC(=O)NC(CO)C(O)/C=C/CCCCCCCCCCCCCCCCCC. The number of allylic oxidation sites excluding steroid dienone is 19. The highest BCUT2D eigenvalue weighted by Gasteiger charge is 2.18. The summed E-state index contributed by atoms with van der Waals surface area (Å²) in [6.07, 6.45) is 84.8. The molecule has 0 bridgehead atoms. The number of aliphatic hydroxyl groups is 2. The Labute approximate surface area is 403 Å². The van der Waals surface area contributed by atoms with E-state index in [1.807, 2.05) is 6.08 Å². The largest absolute Gasteiger partial charge is 0.394 e. The molecule has 4 nitrogen and oxygen atoms in total. The van der Waals surface area contributed by atoms with Crippen LogP contribution in [0.25, 0.3) is 0 Å². The van der Waals surface area contributed by atoms with Crippen LogP contribution in [-0.2, 0) is 4.79 Å². The molecular formula is C61H103NO3. The second-order valence-electron chi connectivity index (χ2n) is 17.9. The molecule has 0 saturated heterocycles. The summed E-state index contributed by atoms with van der Waals surface area (Å²) < 4.78 is 0. The lowest BCUT2D eigenvalue weighted by Crippen LogP contribution is -2.45. The van der Waals surface area contributed by atoms with Crippen molar-refractivity contribution in [1.29, 1.82) is 0 Å². The van der Waals surface area contributed by atoms with Crippen LogP contribution in [0.15, 0.2) is 122 Å². The molecule has 0 aliphatic rings. The fourth-order valence-corrected chi connectivity index (χ4v) is 7.58. The summed E-state index contributed by atoms with van der Waals surface area (Å²) in [5, 5.41) is 23.1. The molecule has 0 fully saturated rings. The molecule has 0 spiro atoms. The molecular weight excluding hydrogens is 795 g/mol. The third-order valence-corrected chi connectivity index (χ3v) is 11.7. The summed E-state index contributed by atoms with van der Waals surface area (Å²) in [5.74, 6) is -0.0794. The van der Waals surface area contributed by atoms with Crippen molar-refractivity contribution in [2.24, 2.45) is 0 Å². The topological polar surface area (TPSA) is 69.6 Å². The Balaban J connectivity index is 3.65. The van der Waals surface area contributed by atoms with Gasteiger partial charge >= 0.3 is 0 Å². The van der Waals surface area contributed by atoms with Gasteiger partial charge in [0.2, 0.25) is 5.91 Å². The number of hydrogen-bond donors (Lipinski definition) is 3. The lowest BCUT2D eigenvalue weighted by atomic mass is 10.0. The monoisotopic (exact) mass is 898 g/mol. The molecule has 0 heterocycles. The molecule has 0 radical (unpaired) electrons. The third kappa shape index (κ3) is 51.6. The van der Waals surface area contributed by atoms with E-state index >= 15 is 0 Å². The van der Waals surface area contributed by atoms with Gasteiger partial charge in [-0.15, -0.1) is 0 Å². The van der Waals surface area contributed by atoms with Gasteiger partial charge in [0.05, 0.1) is 18.8 Å². The number of carbonyl (C=O) groups is 1. The number of hydrogen-bond acceptors (Lipinski definition) is 3. The van der Waals surface area contributed by atoms with Crippen LogP contribution < -0.4 is 5.32 Å². The van der Waals surface area contributed by atoms with Crippen LogP contribution in [0, 0.1) is 0 Å². The molecule has 0 saturated carbocycles. The first kappa shape index (κ1) is 61.8. The van der Waals surface area contributed by atoms with Gasteiger partial charge in [0.15, 0.2) is 0 Å². The molecule has 370 valence electrons. The van der Waals surface area contributed by atoms with E-state index < -0.39 is 12.1 Å². The quantitative estimate of drug-likeness (QED) is 0.0421. The van der Waals surface area contributed by atoms with Crippen LogP contribution in [-0.4, -0.2) is 34.9 Å². The maximum absolute atomic E-state index is 12.5. The van der Waals surface area contributed by atoms with Gasteiger partial charge in [-0.2, -0.15) is 0 Å². The first-order valence-corrected chi connectivity index (χ1v) is 27.2. The number of rotatable bonds is 48. The van der Waals surface area contributed by atoms with Gasteiger partial charge in [0.25, 0.3) is 0 Å². The predicted octanol–water partition coefficient (Wildman–Crippen LogP) is 18.1. The summed E-state index contributed by atoms with van der Waals surface area (Å²) in [7, 11) is 0. The summed E-state index contributed by atoms with van der Waals surface area (Å²) in [5.41, 5.74) is 0. The molecule has 65 heavy (non-hydrogen) atoms. The van der Waals surface area contributed by atoms with Crippen molar-refractivity contribution < 1.29 is 15.0 Å². The van der Waals surface area contributed by atoms with E-state index in [1.165, 1.54) is 122 Å². The van der Waals surface area contributed by atoms with E-state index in [0.717, 1.165) is 96.3 Å². The fourth-order valence-electron chi connectivity index (χ4n) is 7.58. The number of carbonyl (C=O) groups excluding carboxylic acids is 1. The zero-order valence-corrected chi connectivity index (χ0v) is 42.5. The number of amides is 1. The summed E-state index contributed by atoms with van der Waals surface area (Å²) >= 11 is 0. The van der Waals surface area contributed by atoms with Gasteiger partial charge in [0.1, 0.15) is 0 Å². The minimum absolute atomic E-state index is 0.0794. The second-order valence-corrected chi connectivity index (χ2v) is 17.9. The first-order chi connectivity index (χ1) is 32.2. The van der Waals surface area contributed by atoms with E-state index in [9.17, 15) is 15.0 Å². The zero-order valence-electron chi connectivity index (χ0n) is 42.5. The van der Waals surface area contributed by atoms with Gasteiger partial charge < -0.3 is 15.5 Å². The van der Waals surface area contributed by atoms with Crippen LogP contribution in [0.2, 0.25) is 0 Å². The highest BCUT2D eigenvalue weighted by atomic mass is 16.3. The summed E-state index contributed by atoms with van der Waals surface area (Å²) in [6, 6.07) is -0.637. The van der Waals surface area contributed by atoms with Gasteiger partial charge in [-0.1, -0.05) is 264 Å². The van der Waals surface area contributed by atoms with Crippen LogP contribution >= 0.6 is 0 Å². The van der Waals surface area contributed by atoms with Crippen LogP contribution in [0.1, 0.15) is 239 Å². The number of nitrogens with one attached hydrogen (secondary N) is 1. The predicted molar refractivity (Wildman–Crippen MR) is 289 cm³/mol. The first-order valence-electron chi connectivity index (χ1n) is 27.2. The van der Waals surface area contributed by atoms with Gasteiger partial charge in [-0.05, 0) is 89.9 Å². The van der Waals surface area contributed by atoms with Crippen molar-refractivity contribution in [1.82, 2.24) is 5.32 Å². The van der Waals surface area contributed by atoms with E-state index in [1.54, 1.807) is 6.08 Å². The summed E-state index contributed by atoms with van der Waals surface area (Å²) in [6.45, 7) is 4.19. The second kappa shape index (κ2) is 55.1. The minimum Gasteiger partial charge on any atom is -0.394 e. The van der Waals surface area contributed by atoms with Crippen LogP contribution in [0.5, 0.6) is 0 Å². The lowest BCUT2D eigenvalue weighted by Gasteiger charge is -2.20. The van der Waals surface area contributed by atoms with E-state index in [4.69, 9.17) is 0 Å². The molecule has 3 N–H and O–H groups in total. The van der Waals surface area contributed by atoms with Crippen molar-refractivity contribution in [3.05, 3.63) is 122 Å². The molecule has 0 rings (SSSR count). The van der Waals surface area contributed by atoms with Crippen LogP contribution in [0.3, 0.4) is 0 Å². The molecule has 0 aromatic carbocycles. The average Bonchev–Trinajstić information content (AvgIpc) is 3.31. The molecule has 0 aliphatic carbocycles. The summed E-state index contributed by atoms with van der Waals surface area (Å²) in [4.78, 5) is 12.5. The highest BCUT2D eigenvalue weighted by molar-refractivity contribution is 5.76. The Kier molecular flexibility index (Phi) is 52.4. The Morgan fingerprint density at radius 3 is 1.02 bits per heavy atom. The van der Waals surface area contributed by atoms with Gasteiger partial charge in [-0.3, -0.25) is 4.79 Å². The van der Waals surface area contributed by atoms with Gasteiger partial charge in [0, 0.05) is 6.42 Å². The number of unbranched alkanes of at least 4 members (excludes halogenated alkanes) is 23. The van der Waals surface area contributed by atoms with Crippen molar-refractivity contribution in [3.63, 3.8) is 0 Å². The van der Waals surface area contributed by atoms with Crippen LogP contribution in [0.4, 0.5) is 0 Å². The highest BCUT2D eigenvalue weighted by Crippen LogP contribution is 2.15. The molecule has 0 aliphatic heterocycles. The fraction of sp³-hybridized carbons (Fsp3) is 0.656. The van der Waals surface area contributed by atoms with E-state index in [-0.39, 0.29) is 12.5 Å².